The number of carbonyl (C=O) groups is 2. The number of primary amides is 1. The number of hydrogen-bond donors (Lipinski definition) is 3. The van der Waals surface area contributed by atoms with Crippen LogP contribution >= 0.6 is 0 Å². The van der Waals surface area contributed by atoms with Crippen molar-refractivity contribution in [2.45, 2.75) is 44.4 Å². The van der Waals surface area contributed by atoms with Crippen LogP contribution in [-0.4, -0.2) is 52.7 Å². The molecule has 1 aromatic carbocycles. The van der Waals surface area contributed by atoms with Crippen LogP contribution in [0.15, 0.2) is 42.9 Å². The van der Waals surface area contributed by atoms with Gasteiger partial charge in [-0.1, -0.05) is 19.1 Å². The standard InChI is InChI=1S/C28H32N6O5/c1-16-10-17(11-16)27(36)33-24-12-22(20(14-30-24)26(29)35)32-21-5-3-4-19(25(21)37-2)18-13-31-34(15-18)23-6-7-28(23)38-8-9-39-28/h3-5,12-17,23H,6-11H2,1-2H3,(H2,29,35)(H2,30,32,33,36)/t16-,17-,23?. The van der Waals surface area contributed by atoms with Gasteiger partial charge in [0.25, 0.3) is 5.91 Å². The fraction of sp³-hybridized carbons (Fsp3) is 0.429. The molecule has 0 bridgehead atoms. The van der Waals surface area contributed by atoms with E-state index in [2.05, 4.69) is 27.6 Å². The number of nitrogens with one attached hydrogen (secondary N) is 2. The van der Waals surface area contributed by atoms with E-state index < -0.39 is 11.7 Å². The number of benzene rings is 1. The van der Waals surface area contributed by atoms with Crippen molar-refractivity contribution in [1.29, 1.82) is 0 Å². The second-order valence-corrected chi connectivity index (χ2v) is 10.5. The van der Waals surface area contributed by atoms with Crippen LogP contribution in [0.5, 0.6) is 5.75 Å². The zero-order chi connectivity index (χ0) is 27.1. The van der Waals surface area contributed by atoms with Gasteiger partial charge >= 0.3 is 0 Å². The normalized spacial score (nSPS) is 23.1. The molecule has 4 N–H and O–H groups in total. The fourth-order valence-corrected chi connectivity index (χ4v) is 5.69. The van der Waals surface area contributed by atoms with Gasteiger partial charge in [-0.2, -0.15) is 5.10 Å². The van der Waals surface area contributed by atoms with Gasteiger partial charge in [0, 0.05) is 41.9 Å². The smallest absolute Gasteiger partial charge is 0.252 e. The SMILES string of the molecule is COc1c(Nc2cc(NC(=O)[C@H]3C[C@H](C)C3)ncc2C(N)=O)cccc1-c1cnn(C2CCC23OCCO3)c1. The van der Waals surface area contributed by atoms with Gasteiger partial charge < -0.3 is 30.6 Å². The molecule has 3 fully saturated rings. The van der Waals surface area contributed by atoms with Gasteiger partial charge in [-0.05, 0) is 31.2 Å². The highest BCUT2D eigenvalue weighted by Crippen LogP contribution is 2.49. The Hall–Kier alpha value is -3.96. The number of pyridine rings is 1. The molecule has 11 nitrogen and oxygen atoms in total. The lowest BCUT2D eigenvalue weighted by Crippen LogP contribution is -2.49. The Kier molecular flexibility index (Phi) is 6.48. The maximum atomic E-state index is 12.6. The lowest BCUT2D eigenvalue weighted by atomic mass is 9.76. The van der Waals surface area contributed by atoms with Crippen LogP contribution in [0.3, 0.4) is 0 Å². The third-order valence-electron chi connectivity index (χ3n) is 7.94. The van der Waals surface area contributed by atoms with Gasteiger partial charge in [-0.3, -0.25) is 14.3 Å². The first kappa shape index (κ1) is 25.3. The summed E-state index contributed by atoms with van der Waals surface area (Å²) in [5, 5.41) is 10.7. The van der Waals surface area contributed by atoms with E-state index in [1.54, 1.807) is 19.4 Å². The topological polar surface area (TPSA) is 143 Å². The quantitative estimate of drug-likeness (QED) is 0.397. The fourth-order valence-electron chi connectivity index (χ4n) is 5.69. The van der Waals surface area contributed by atoms with E-state index in [0.717, 1.165) is 36.8 Å². The van der Waals surface area contributed by atoms with Crippen LogP contribution in [-0.2, 0) is 14.3 Å². The van der Waals surface area contributed by atoms with Crippen LogP contribution in [0, 0.1) is 11.8 Å². The molecule has 3 aliphatic rings. The summed E-state index contributed by atoms with van der Waals surface area (Å²) in [4.78, 5) is 29.0. The number of nitrogens with two attached hydrogens (primary N) is 1. The number of nitrogens with zero attached hydrogens (tertiary/aromatic N) is 3. The van der Waals surface area contributed by atoms with E-state index in [0.29, 0.717) is 42.1 Å². The Morgan fingerprint density at radius 2 is 1.97 bits per heavy atom. The van der Waals surface area contributed by atoms with Crippen molar-refractivity contribution in [3.8, 4) is 16.9 Å². The minimum atomic E-state index is -0.641. The second kappa shape index (κ2) is 9.97. The maximum absolute atomic E-state index is 12.6. The Bertz CT molecular complexity index is 1410. The van der Waals surface area contributed by atoms with Crippen molar-refractivity contribution in [1.82, 2.24) is 14.8 Å². The number of carbonyl (C=O) groups excluding carboxylic acids is 2. The summed E-state index contributed by atoms with van der Waals surface area (Å²) in [6.07, 6.45) is 8.62. The van der Waals surface area contributed by atoms with Gasteiger partial charge in [0.2, 0.25) is 5.91 Å². The largest absolute Gasteiger partial charge is 0.494 e. The van der Waals surface area contributed by atoms with E-state index >= 15 is 0 Å². The van der Waals surface area contributed by atoms with E-state index in [1.165, 1.54) is 6.20 Å². The molecule has 1 saturated heterocycles. The lowest BCUT2D eigenvalue weighted by Gasteiger charge is -2.44. The zero-order valence-corrected chi connectivity index (χ0v) is 22.0. The molecule has 1 spiro atoms. The van der Waals surface area contributed by atoms with E-state index in [1.807, 2.05) is 29.1 Å². The first-order valence-corrected chi connectivity index (χ1v) is 13.2. The molecule has 0 radical (unpaired) electrons. The molecule has 1 aliphatic heterocycles. The highest BCUT2D eigenvalue weighted by molar-refractivity contribution is 6.01. The second-order valence-electron chi connectivity index (χ2n) is 10.5. The molecule has 3 aromatic rings. The van der Waals surface area contributed by atoms with Gasteiger partial charge in [0.15, 0.2) is 5.79 Å². The molecule has 1 atom stereocenters. The Labute approximate surface area is 226 Å². The molecule has 2 saturated carbocycles. The minimum absolute atomic E-state index is 0.0201. The van der Waals surface area contributed by atoms with Crippen molar-refractivity contribution in [3.63, 3.8) is 0 Å². The molecule has 2 aliphatic carbocycles. The summed E-state index contributed by atoms with van der Waals surface area (Å²) in [6, 6.07) is 7.30. The maximum Gasteiger partial charge on any atom is 0.252 e. The third-order valence-corrected chi connectivity index (χ3v) is 7.94. The van der Waals surface area contributed by atoms with Crippen LogP contribution in [0.2, 0.25) is 0 Å². The summed E-state index contributed by atoms with van der Waals surface area (Å²) in [5.41, 5.74) is 8.53. The Morgan fingerprint density at radius 3 is 2.64 bits per heavy atom. The molecule has 2 aromatic heterocycles. The summed E-state index contributed by atoms with van der Waals surface area (Å²) in [5.74, 6) is 0.147. The summed E-state index contributed by atoms with van der Waals surface area (Å²) >= 11 is 0. The number of anilines is 3. The molecule has 2 amide bonds. The predicted octanol–water partition coefficient (Wildman–Crippen LogP) is 3.86. The monoisotopic (exact) mass is 532 g/mol. The number of para-hydroxylation sites is 1. The summed E-state index contributed by atoms with van der Waals surface area (Å²) in [7, 11) is 1.59. The van der Waals surface area contributed by atoms with E-state index in [-0.39, 0.29) is 23.4 Å². The van der Waals surface area contributed by atoms with Gasteiger partial charge in [0.05, 0.1) is 43.5 Å². The Morgan fingerprint density at radius 1 is 1.18 bits per heavy atom. The average molecular weight is 533 g/mol. The molecule has 1 unspecified atom stereocenters. The highest BCUT2D eigenvalue weighted by Gasteiger charge is 2.53. The van der Waals surface area contributed by atoms with Gasteiger partial charge in [0.1, 0.15) is 17.6 Å². The van der Waals surface area contributed by atoms with Crippen LogP contribution in [0.1, 0.15) is 49.0 Å². The number of hydrogen-bond acceptors (Lipinski definition) is 8. The van der Waals surface area contributed by atoms with Crippen molar-refractivity contribution in [2.24, 2.45) is 17.6 Å². The number of methoxy groups -OCH3 is 1. The van der Waals surface area contributed by atoms with E-state index in [9.17, 15) is 9.59 Å². The third kappa shape index (κ3) is 4.61. The van der Waals surface area contributed by atoms with E-state index in [4.69, 9.17) is 19.9 Å². The lowest BCUT2D eigenvalue weighted by molar-refractivity contribution is -0.242. The molecule has 6 rings (SSSR count). The number of aromatic nitrogens is 3. The average Bonchev–Trinajstić information content (AvgIpc) is 3.58. The summed E-state index contributed by atoms with van der Waals surface area (Å²) in [6.45, 7) is 3.32. The first-order valence-electron chi connectivity index (χ1n) is 13.2. The van der Waals surface area contributed by atoms with Gasteiger partial charge in [-0.25, -0.2) is 4.98 Å². The zero-order valence-electron chi connectivity index (χ0n) is 22.0. The molecule has 204 valence electrons. The van der Waals surface area contributed by atoms with Crippen molar-refractivity contribution < 1.29 is 23.8 Å². The molecular weight excluding hydrogens is 500 g/mol. The molecule has 3 heterocycles. The van der Waals surface area contributed by atoms with Crippen LogP contribution < -0.4 is 21.1 Å². The van der Waals surface area contributed by atoms with Crippen LogP contribution in [0.25, 0.3) is 11.1 Å². The first-order chi connectivity index (χ1) is 18.9. The minimum Gasteiger partial charge on any atom is -0.494 e. The van der Waals surface area contributed by atoms with Crippen molar-refractivity contribution in [2.75, 3.05) is 31.0 Å². The number of ether oxygens (including phenoxy) is 3. The van der Waals surface area contributed by atoms with Gasteiger partial charge in [-0.15, -0.1) is 0 Å². The van der Waals surface area contributed by atoms with Crippen LogP contribution in [0.4, 0.5) is 17.2 Å². The number of rotatable bonds is 8. The van der Waals surface area contributed by atoms with Crippen molar-refractivity contribution >= 4 is 29.0 Å². The molecule has 39 heavy (non-hydrogen) atoms. The van der Waals surface area contributed by atoms with Crippen molar-refractivity contribution in [3.05, 3.63) is 48.4 Å². The predicted molar refractivity (Wildman–Crippen MR) is 144 cm³/mol. The Balaban J connectivity index is 1.27. The summed E-state index contributed by atoms with van der Waals surface area (Å²) < 4.78 is 19.5. The highest BCUT2D eigenvalue weighted by atomic mass is 16.7. The molecular formula is C28H32N6O5. The molecule has 11 heteroatoms. The number of amides is 2.